The van der Waals surface area contributed by atoms with E-state index in [1.165, 1.54) is 6.92 Å². The van der Waals surface area contributed by atoms with Gasteiger partial charge in [-0.2, -0.15) is 0 Å². The van der Waals surface area contributed by atoms with Gasteiger partial charge in [-0.05, 0) is 44.2 Å². The minimum absolute atomic E-state index is 0.0686. The van der Waals surface area contributed by atoms with E-state index in [2.05, 4.69) is 5.32 Å². The largest absolute Gasteiger partial charge is 0.493 e. The van der Waals surface area contributed by atoms with Crippen molar-refractivity contribution in [3.05, 3.63) is 54.1 Å². The molecule has 0 aliphatic carbocycles. The Kier molecular flexibility index (Phi) is 6.37. The van der Waals surface area contributed by atoms with Crippen LogP contribution >= 0.6 is 0 Å². The van der Waals surface area contributed by atoms with Gasteiger partial charge in [0.2, 0.25) is 5.91 Å². The molecule has 0 bridgehead atoms. The van der Waals surface area contributed by atoms with Crippen molar-refractivity contribution in [2.24, 2.45) is 0 Å². The van der Waals surface area contributed by atoms with Crippen molar-refractivity contribution in [3.63, 3.8) is 0 Å². The molecule has 2 aromatic rings. The highest BCUT2D eigenvalue weighted by atomic mass is 16.5. The van der Waals surface area contributed by atoms with Crippen LogP contribution < -0.4 is 14.8 Å². The number of benzene rings is 2. The van der Waals surface area contributed by atoms with Crippen LogP contribution in [-0.2, 0) is 4.79 Å². The summed E-state index contributed by atoms with van der Waals surface area (Å²) in [6, 6.07) is 14.3. The van der Waals surface area contributed by atoms with Crippen LogP contribution in [0.3, 0.4) is 0 Å². The van der Waals surface area contributed by atoms with Gasteiger partial charge in [-0.1, -0.05) is 18.2 Å². The van der Waals surface area contributed by atoms with Crippen LogP contribution in [0.5, 0.6) is 11.5 Å². The number of para-hydroxylation sites is 1. The predicted octanol–water partition coefficient (Wildman–Crippen LogP) is 3.70. The van der Waals surface area contributed by atoms with E-state index in [-0.39, 0.29) is 24.7 Å². The second-order valence-corrected chi connectivity index (χ2v) is 5.16. The summed E-state index contributed by atoms with van der Waals surface area (Å²) in [7, 11) is 0. The van der Waals surface area contributed by atoms with Gasteiger partial charge in [0, 0.05) is 5.56 Å². The summed E-state index contributed by atoms with van der Waals surface area (Å²) < 4.78 is 11.0. The third kappa shape index (κ3) is 5.12. The molecule has 1 amide bonds. The lowest BCUT2D eigenvalue weighted by Crippen LogP contribution is -2.16. The van der Waals surface area contributed by atoms with Crippen LogP contribution in [0.25, 0.3) is 0 Å². The zero-order valence-corrected chi connectivity index (χ0v) is 13.9. The molecule has 0 radical (unpaired) electrons. The molecule has 0 saturated heterocycles. The molecule has 24 heavy (non-hydrogen) atoms. The quantitative estimate of drug-likeness (QED) is 0.751. The third-order valence-electron chi connectivity index (χ3n) is 3.30. The predicted molar refractivity (Wildman–Crippen MR) is 92.8 cm³/mol. The number of hydrogen-bond donors (Lipinski definition) is 1. The van der Waals surface area contributed by atoms with Gasteiger partial charge in [-0.15, -0.1) is 0 Å². The number of nitrogens with one attached hydrogen (secondary N) is 1. The Bertz CT molecular complexity index is 698. The van der Waals surface area contributed by atoms with Crippen LogP contribution in [0.1, 0.15) is 30.6 Å². The van der Waals surface area contributed by atoms with E-state index in [1.54, 1.807) is 18.2 Å². The van der Waals surface area contributed by atoms with E-state index in [0.29, 0.717) is 23.6 Å². The van der Waals surface area contributed by atoms with Gasteiger partial charge in [-0.3, -0.25) is 9.59 Å². The average molecular weight is 327 g/mol. The fraction of sp³-hybridized carbons (Fsp3) is 0.263. The first-order valence-electron chi connectivity index (χ1n) is 7.85. The first-order valence-corrected chi connectivity index (χ1v) is 7.85. The minimum atomic E-state index is -0.201. The smallest absolute Gasteiger partial charge is 0.227 e. The summed E-state index contributed by atoms with van der Waals surface area (Å²) in [6.07, 6.45) is 0.199. The second kappa shape index (κ2) is 8.72. The van der Waals surface area contributed by atoms with Gasteiger partial charge in [0.15, 0.2) is 5.78 Å². The number of rotatable bonds is 8. The molecule has 126 valence electrons. The van der Waals surface area contributed by atoms with E-state index in [1.807, 2.05) is 37.3 Å². The fourth-order valence-electron chi connectivity index (χ4n) is 2.12. The number of ether oxygens (including phenoxy) is 2. The first-order chi connectivity index (χ1) is 11.6. The Morgan fingerprint density at radius 1 is 1.04 bits per heavy atom. The minimum Gasteiger partial charge on any atom is -0.493 e. The normalized spacial score (nSPS) is 10.1. The monoisotopic (exact) mass is 327 g/mol. The summed E-state index contributed by atoms with van der Waals surface area (Å²) in [5.74, 6) is 0.993. The average Bonchev–Trinajstić information content (AvgIpc) is 2.57. The SMILES string of the molecule is CCOc1ccc(C(C)=O)cc1NC(=O)CCOc1ccccc1. The summed E-state index contributed by atoms with van der Waals surface area (Å²) in [4.78, 5) is 23.6. The number of anilines is 1. The molecule has 0 aliphatic heterocycles. The number of carbonyl (C=O) groups is 2. The van der Waals surface area contributed by atoms with Crippen LogP contribution in [-0.4, -0.2) is 24.9 Å². The standard InChI is InChI=1S/C19H21NO4/c1-3-23-18-10-9-15(14(2)21)13-17(18)20-19(22)11-12-24-16-7-5-4-6-8-16/h4-10,13H,3,11-12H2,1-2H3,(H,20,22). The maximum atomic E-state index is 12.1. The molecule has 0 saturated carbocycles. The lowest BCUT2D eigenvalue weighted by atomic mass is 10.1. The van der Waals surface area contributed by atoms with E-state index in [9.17, 15) is 9.59 Å². The molecule has 5 nitrogen and oxygen atoms in total. The van der Waals surface area contributed by atoms with Gasteiger partial charge in [-0.25, -0.2) is 0 Å². The van der Waals surface area contributed by atoms with Crippen molar-refractivity contribution in [2.75, 3.05) is 18.5 Å². The van der Waals surface area contributed by atoms with Gasteiger partial charge < -0.3 is 14.8 Å². The van der Waals surface area contributed by atoms with Crippen molar-refractivity contribution >= 4 is 17.4 Å². The highest BCUT2D eigenvalue weighted by molar-refractivity contribution is 5.98. The van der Waals surface area contributed by atoms with Gasteiger partial charge in [0.25, 0.3) is 0 Å². The lowest BCUT2D eigenvalue weighted by Gasteiger charge is -2.13. The molecule has 0 spiro atoms. The number of Topliss-reactive ketones (excluding diaryl/α,β-unsaturated/α-hetero) is 1. The van der Waals surface area contributed by atoms with Crippen molar-refractivity contribution in [2.45, 2.75) is 20.3 Å². The van der Waals surface area contributed by atoms with E-state index >= 15 is 0 Å². The molecule has 0 unspecified atom stereocenters. The molecule has 5 heteroatoms. The molecule has 0 heterocycles. The third-order valence-corrected chi connectivity index (χ3v) is 3.30. The Morgan fingerprint density at radius 2 is 1.79 bits per heavy atom. The maximum Gasteiger partial charge on any atom is 0.227 e. The summed E-state index contributed by atoms with van der Waals surface area (Å²) in [6.45, 7) is 4.08. The Balaban J connectivity index is 1.96. The molecule has 0 fully saturated rings. The van der Waals surface area contributed by atoms with Crippen molar-refractivity contribution in [1.82, 2.24) is 0 Å². The molecule has 0 aromatic heterocycles. The number of carbonyl (C=O) groups excluding carboxylic acids is 2. The summed E-state index contributed by atoms with van der Waals surface area (Å²) in [5, 5.41) is 2.78. The van der Waals surface area contributed by atoms with Crippen molar-refractivity contribution in [1.29, 1.82) is 0 Å². The zero-order valence-electron chi connectivity index (χ0n) is 13.9. The van der Waals surface area contributed by atoms with Crippen LogP contribution in [0, 0.1) is 0 Å². The molecule has 1 N–H and O–H groups in total. The van der Waals surface area contributed by atoms with Crippen molar-refractivity contribution < 1.29 is 19.1 Å². The highest BCUT2D eigenvalue weighted by Gasteiger charge is 2.11. The second-order valence-electron chi connectivity index (χ2n) is 5.16. The Hall–Kier alpha value is -2.82. The number of hydrogen-bond acceptors (Lipinski definition) is 4. The topological polar surface area (TPSA) is 64.6 Å². The molecule has 0 aliphatic rings. The highest BCUT2D eigenvalue weighted by Crippen LogP contribution is 2.26. The van der Waals surface area contributed by atoms with Crippen molar-refractivity contribution in [3.8, 4) is 11.5 Å². The molecular formula is C19H21NO4. The zero-order chi connectivity index (χ0) is 17.4. The van der Waals surface area contributed by atoms with Crippen LogP contribution in [0.15, 0.2) is 48.5 Å². The van der Waals surface area contributed by atoms with Crippen LogP contribution in [0.2, 0.25) is 0 Å². The molecule has 2 rings (SSSR count). The van der Waals surface area contributed by atoms with Gasteiger partial charge in [0.1, 0.15) is 11.5 Å². The van der Waals surface area contributed by atoms with E-state index in [4.69, 9.17) is 9.47 Å². The number of amides is 1. The Labute approximate surface area is 141 Å². The van der Waals surface area contributed by atoms with Gasteiger partial charge in [0.05, 0.1) is 25.3 Å². The first kappa shape index (κ1) is 17.5. The van der Waals surface area contributed by atoms with E-state index < -0.39 is 0 Å². The van der Waals surface area contributed by atoms with Crippen LogP contribution in [0.4, 0.5) is 5.69 Å². The Morgan fingerprint density at radius 3 is 2.46 bits per heavy atom. The molecule has 0 atom stereocenters. The summed E-state index contributed by atoms with van der Waals surface area (Å²) in [5.41, 5.74) is 1.02. The fourth-order valence-corrected chi connectivity index (χ4v) is 2.12. The molecular weight excluding hydrogens is 306 g/mol. The number of ketones is 1. The summed E-state index contributed by atoms with van der Waals surface area (Å²) >= 11 is 0. The lowest BCUT2D eigenvalue weighted by molar-refractivity contribution is -0.116. The molecule has 2 aromatic carbocycles. The van der Waals surface area contributed by atoms with Gasteiger partial charge >= 0.3 is 0 Å². The van der Waals surface area contributed by atoms with E-state index in [0.717, 1.165) is 5.75 Å². The maximum absolute atomic E-state index is 12.1.